The Morgan fingerprint density at radius 1 is 0.750 bits per heavy atom. The fourth-order valence-electron chi connectivity index (χ4n) is 1.40. The Bertz CT molecular complexity index is 242. The highest BCUT2D eigenvalue weighted by Crippen LogP contribution is 2.03. The lowest BCUT2D eigenvalue weighted by atomic mass is 10.1. The molecule has 0 spiro atoms. The number of hydrogen-bond acceptors (Lipinski definition) is 2. The third kappa shape index (κ3) is 5.23. The summed E-state index contributed by atoms with van der Waals surface area (Å²) in [5.74, 6) is 0. The second-order valence-electron chi connectivity index (χ2n) is 3.62. The van der Waals surface area contributed by atoms with E-state index in [-0.39, 0.29) is 13.1 Å². The van der Waals surface area contributed by atoms with Crippen LogP contribution in [0.3, 0.4) is 0 Å². The Labute approximate surface area is 97.4 Å². The molecule has 2 N–H and O–H groups in total. The van der Waals surface area contributed by atoms with E-state index in [2.05, 4.69) is 34.9 Å². The van der Waals surface area contributed by atoms with Crippen LogP contribution in [0, 0.1) is 0 Å². The van der Waals surface area contributed by atoms with Gasteiger partial charge in [-0.25, -0.2) is 0 Å². The molecule has 1 aromatic rings. The second-order valence-corrected chi connectivity index (χ2v) is 3.62. The van der Waals surface area contributed by atoms with E-state index in [0.717, 1.165) is 13.1 Å². The van der Waals surface area contributed by atoms with Crippen molar-refractivity contribution in [1.29, 1.82) is 0 Å². The lowest BCUT2D eigenvalue weighted by molar-refractivity contribution is 0.682. The van der Waals surface area contributed by atoms with Crippen LogP contribution in [0.4, 0.5) is 0 Å². The van der Waals surface area contributed by atoms with Gasteiger partial charge in [0.05, 0.1) is 0 Å². The summed E-state index contributed by atoms with van der Waals surface area (Å²) in [7, 11) is 0. The van der Waals surface area contributed by atoms with E-state index in [0.29, 0.717) is 13.1 Å². The molecule has 4 heteroatoms. The van der Waals surface area contributed by atoms with Gasteiger partial charge in [-0.15, -0.1) is 11.5 Å². The number of nitrogens with zero attached hydrogens (tertiary/aromatic N) is 2. The molecule has 0 aromatic heterocycles. The van der Waals surface area contributed by atoms with E-state index < -0.39 is 0 Å². The van der Waals surface area contributed by atoms with E-state index in [1.807, 2.05) is 0 Å². The van der Waals surface area contributed by atoms with Crippen molar-refractivity contribution in [3.63, 3.8) is 0 Å². The van der Waals surface area contributed by atoms with Crippen molar-refractivity contribution in [3.05, 3.63) is 35.4 Å². The first kappa shape index (κ1) is 13.1. The smallest absolute Gasteiger partial charge is 0.0446 e. The zero-order chi connectivity index (χ0) is 11.6. The first-order valence-corrected chi connectivity index (χ1v) is 5.58. The monoisotopic (exact) mass is 218 g/mol. The largest absolute Gasteiger partial charge is 0.311 e. The molecule has 0 saturated heterocycles. The van der Waals surface area contributed by atoms with Crippen LogP contribution in [0.2, 0.25) is 0 Å². The van der Waals surface area contributed by atoms with Crippen LogP contribution in [0.1, 0.15) is 11.1 Å². The fourth-order valence-corrected chi connectivity index (χ4v) is 1.40. The Kier molecular flexibility index (Phi) is 6.76. The fraction of sp³-hybridized carbons (Fsp3) is 0.500. The van der Waals surface area contributed by atoms with Crippen LogP contribution in [0.15, 0.2) is 24.3 Å². The average molecular weight is 218 g/mol. The molecule has 86 valence electrons. The predicted molar refractivity (Wildman–Crippen MR) is 63.9 cm³/mol. The van der Waals surface area contributed by atoms with Gasteiger partial charge in [0.1, 0.15) is 0 Å². The molecule has 1 rings (SSSR count). The maximum absolute atomic E-state index is 8.62. The third-order valence-corrected chi connectivity index (χ3v) is 2.26. The molecule has 0 aliphatic rings. The summed E-state index contributed by atoms with van der Waals surface area (Å²) in [6, 6.07) is 8.28. The highest BCUT2D eigenvalue weighted by molar-refractivity contribution is 5.22. The van der Waals surface area contributed by atoms with Gasteiger partial charge in [0, 0.05) is 39.3 Å². The van der Waals surface area contributed by atoms with Gasteiger partial charge in [-0.05, 0) is 11.1 Å². The number of hydrogen-bond donors (Lipinski definition) is 2. The Morgan fingerprint density at radius 3 is 1.44 bits per heavy atom. The zero-order valence-corrected chi connectivity index (χ0v) is 9.45. The maximum Gasteiger partial charge on any atom is 0.0446 e. The molecule has 0 unspecified atom stereocenters. The minimum absolute atomic E-state index is 0.170. The van der Waals surface area contributed by atoms with Crippen LogP contribution in [-0.4, -0.2) is 26.2 Å². The Morgan fingerprint density at radius 2 is 1.12 bits per heavy atom. The third-order valence-electron chi connectivity index (χ3n) is 2.26. The van der Waals surface area contributed by atoms with Gasteiger partial charge in [-0.3, -0.25) is 0 Å². The van der Waals surface area contributed by atoms with Gasteiger partial charge in [-0.1, -0.05) is 24.3 Å². The predicted octanol–water partition coefficient (Wildman–Crippen LogP) is 0.00320. The number of nitrogens with one attached hydrogen (secondary N) is 2. The first-order chi connectivity index (χ1) is 7.86. The molecule has 0 heterocycles. The maximum atomic E-state index is 8.62. The van der Waals surface area contributed by atoms with Gasteiger partial charge in [-0.2, -0.15) is 0 Å². The molecular weight excluding hydrogens is 200 g/mol. The summed E-state index contributed by atoms with van der Waals surface area (Å²) in [5.41, 5.74) is 19.7. The van der Waals surface area contributed by atoms with E-state index in [4.69, 9.17) is 11.5 Å². The topological polar surface area (TPSA) is 68.7 Å². The summed E-state index contributed by atoms with van der Waals surface area (Å²) in [6.45, 7) is 3.15. The SMILES string of the molecule is [N]CCNCc1ccc(CNCC[N])cc1. The molecule has 0 aliphatic heterocycles. The quantitative estimate of drug-likeness (QED) is 0.603. The van der Waals surface area contributed by atoms with Crippen molar-refractivity contribution in [2.24, 2.45) is 0 Å². The first-order valence-electron chi connectivity index (χ1n) is 5.58. The second kappa shape index (κ2) is 8.24. The summed E-state index contributed by atoms with van der Waals surface area (Å²) < 4.78 is 0. The number of benzene rings is 1. The van der Waals surface area contributed by atoms with Gasteiger partial charge >= 0.3 is 0 Å². The molecule has 0 fully saturated rings. The summed E-state index contributed by atoms with van der Waals surface area (Å²) in [5, 5.41) is 6.25. The molecular formula is C12H18N4. The lowest BCUT2D eigenvalue weighted by Gasteiger charge is -2.05. The molecule has 0 atom stereocenters. The van der Waals surface area contributed by atoms with Gasteiger partial charge in [0.15, 0.2) is 0 Å². The lowest BCUT2D eigenvalue weighted by Crippen LogP contribution is -2.19. The van der Waals surface area contributed by atoms with Crippen LogP contribution in [0.25, 0.3) is 0 Å². The molecule has 0 amide bonds. The van der Waals surface area contributed by atoms with Gasteiger partial charge in [0.2, 0.25) is 0 Å². The Hall–Kier alpha value is -0.940. The average Bonchev–Trinajstić information content (AvgIpc) is 2.32. The molecule has 0 bridgehead atoms. The standard InChI is InChI=1S/C12H18N4/c13-5-7-15-9-11-1-2-12(4-3-11)10-16-8-6-14/h1-4,15-16H,5-10H2. The molecule has 1 aromatic carbocycles. The summed E-state index contributed by atoms with van der Waals surface area (Å²) in [4.78, 5) is 0. The van der Waals surface area contributed by atoms with Crippen molar-refractivity contribution in [1.82, 2.24) is 22.1 Å². The summed E-state index contributed by atoms with van der Waals surface area (Å²) >= 11 is 0. The highest BCUT2D eigenvalue weighted by Gasteiger charge is 1.94. The number of rotatable bonds is 8. The van der Waals surface area contributed by atoms with E-state index in [1.165, 1.54) is 11.1 Å². The highest BCUT2D eigenvalue weighted by atomic mass is 14.9. The minimum Gasteiger partial charge on any atom is -0.311 e. The van der Waals surface area contributed by atoms with Gasteiger partial charge in [0.25, 0.3) is 0 Å². The van der Waals surface area contributed by atoms with Crippen LogP contribution < -0.4 is 22.1 Å². The normalized spacial score (nSPS) is 10.6. The van der Waals surface area contributed by atoms with E-state index in [1.54, 1.807) is 0 Å². The molecule has 16 heavy (non-hydrogen) atoms. The van der Waals surface area contributed by atoms with Crippen LogP contribution in [-0.2, 0) is 13.1 Å². The minimum atomic E-state index is 0.170. The zero-order valence-electron chi connectivity index (χ0n) is 9.45. The van der Waals surface area contributed by atoms with Crippen molar-refractivity contribution < 1.29 is 0 Å². The van der Waals surface area contributed by atoms with E-state index in [9.17, 15) is 0 Å². The van der Waals surface area contributed by atoms with Crippen molar-refractivity contribution in [3.8, 4) is 0 Å². The van der Waals surface area contributed by atoms with Crippen molar-refractivity contribution in [2.75, 3.05) is 26.2 Å². The van der Waals surface area contributed by atoms with Gasteiger partial charge < -0.3 is 10.6 Å². The molecule has 4 radical (unpaired) electrons. The molecule has 4 nitrogen and oxygen atoms in total. The molecule has 0 aliphatic carbocycles. The van der Waals surface area contributed by atoms with Crippen LogP contribution in [0.5, 0.6) is 0 Å². The molecule has 0 saturated carbocycles. The Balaban J connectivity index is 2.30. The van der Waals surface area contributed by atoms with Crippen LogP contribution >= 0.6 is 0 Å². The van der Waals surface area contributed by atoms with Crippen molar-refractivity contribution >= 4 is 0 Å². The summed E-state index contributed by atoms with van der Waals surface area (Å²) in [6.07, 6.45) is 0. The van der Waals surface area contributed by atoms with Crippen molar-refractivity contribution in [2.45, 2.75) is 13.1 Å². The van der Waals surface area contributed by atoms with E-state index >= 15 is 0 Å².